The molecule has 0 fully saturated rings. The van der Waals surface area contributed by atoms with Crippen LogP contribution in [-0.4, -0.2) is 36.9 Å². The van der Waals surface area contributed by atoms with Gasteiger partial charge in [-0.15, -0.1) is 0 Å². The van der Waals surface area contributed by atoms with Gasteiger partial charge in [-0.25, -0.2) is 14.3 Å². The van der Waals surface area contributed by atoms with Crippen LogP contribution in [0.4, 0.5) is 0 Å². The first kappa shape index (κ1) is 18.4. The third kappa shape index (κ3) is 2.71. The van der Waals surface area contributed by atoms with Crippen molar-refractivity contribution < 1.29 is 19.8 Å². The van der Waals surface area contributed by atoms with Crippen LogP contribution in [0.2, 0.25) is 0 Å². The largest absolute Gasteiger partial charge is 0.478 e. The van der Waals surface area contributed by atoms with E-state index in [-0.39, 0.29) is 21.9 Å². The summed E-state index contributed by atoms with van der Waals surface area (Å²) in [5.74, 6) is -2.75. The number of hydrogen-bond donors (Lipinski definition) is 4. The molecule has 0 aliphatic heterocycles. The zero-order valence-corrected chi connectivity index (χ0v) is 15.7. The minimum Gasteiger partial charge on any atom is -0.478 e. The fourth-order valence-corrected chi connectivity index (χ4v) is 3.81. The topological polar surface area (TPSA) is 145 Å². The molecule has 4 N–H and O–H groups in total. The maximum absolute atomic E-state index is 13.1. The van der Waals surface area contributed by atoms with Crippen LogP contribution in [0.15, 0.2) is 64.2 Å². The van der Waals surface area contributed by atoms with E-state index in [1.54, 1.807) is 30.3 Å². The van der Waals surface area contributed by atoms with Gasteiger partial charge in [-0.3, -0.25) is 14.7 Å². The predicted molar refractivity (Wildman–Crippen MR) is 113 cm³/mol. The lowest BCUT2D eigenvalue weighted by Crippen LogP contribution is -2.28. The van der Waals surface area contributed by atoms with Crippen molar-refractivity contribution >= 4 is 44.5 Å². The van der Waals surface area contributed by atoms with Gasteiger partial charge >= 0.3 is 11.9 Å². The summed E-state index contributed by atoms with van der Waals surface area (Å²) in [6, 6.07) is 14.1. The molecule has 0 aliphatic carbocycles. The first-order valence-electron chi connectivity index (χ1n) is 9.15. The van der Waals surface area contributed by atoms with Gasteiger partial charge in [0.15, 0.2) is 0 Å². The molecular formula is C22H13N3O6. The second-order valence-corrected chi connectivity index (χ2v) is 7.04. The van der Waals surface area contributed by atoms with Crippen molar-refractivity contribution in [2.45, 2.75) is 0 Å². The van der Waals surface area contributed by atoms with E-state index in [2.05, 4.69) is 10.1 Å². The summed E-state index contributed by atoms with van der Waals surface area (Å²) in [6.07, 6.45) is 0. The van der Waals surface area contributed by atoms with Gasteiger partial charge in [-0.1, -0.05) is 18.2 Å². The van der Waals surface area contributed by atoms with E-state index >= 15 is 0 Å². The molecule has 9 heteroatoms. The number of aromatic amines is 2. The Hall–Kier alpha value is -4.66. The lowest BCUT2D eigenvalue weighted by molar-refractivity contribution is 0.0652. The average molecular weight is 415 g/mol. The Labute approximate surface area is 171 Å². The molecule has 9 nitrogen and oxygen atoms in total. The lowest BCUT2D eigenvalue weighted by Gasteiger charge is -2.07. The van der Waals surface area contributed by atoms with E-state index in [0.29, 0.717) is 27.5 Å². The van der Waals surface area contributed by atoms with E-state index in [0.717, 1.165) is 4.68 Å². The minimum absolute atomic E-state index is 0.153. The van der Waals surface area contributed by atoms with E-state index in [1.807, 2.05) is 0 Å². The number of fused-ring (bicyclic) bond motifs is 4. The van der Waals surface area contributed by atoms with Crippen LogP contribution in [0, 0.1) is 0 Å². The Morgan fingerprint density at radius 3 is 2.03 bits per heavy atom. The summed E-state index contributed by atoms with van der Waals surface area (Å²) < 4.78 is 1.15. The summed E-state index contributed by atoms with van der Waals surface area (Å²) in [4.78, 5) is 51.8. The van der Waals surface area contributed by atoms with Gasteiger partial charge in [0.25, 0.3) is 11.1 Å². The number of hydrogen-bond acceptors (Lipinski definition) is 4. The summed E-state index contributed by atoms with van der Waals surface area (Å²) in [5.41, 5.74) is -0.302. The van der Waals surface area contributed by atoms with Gasteiger partial charge in [0.2, 0.25) is 0 Å². The molecule has 0 amide bonds. The van der Waals surface area contributed by atoms with E-state index in [4.69, 9.17) is 0 Å². The Morgan fingerprint density at radius 2 is 1.35 bits per heavy atom. The number of carboxylic acid groups (broad SMARTS) is 2. The summed E-state index contributed by atoms with van der Waals surface area (Å²) in [5, 5.41) is 22.6. The molecular weight excluding hydrogens is 402 g/mol. The molecule has 0 aliphatic rings. The molecule has 5 rings (SSSR count). The number of nitrogens with zero attached hydrogens (tertiary/aromatic N) is 1. The maximum Gasteiger partial charge on any atom is 0.336 e. The number of rotatable bonds is 3. The second kappa shape index (κ2) is 6.42. The van der Waals surface area contributed by atoms with Gasteiger partial charge < -0.3 is 15.2 Å². The Bertz CT molecular complexity index is 1680. The summed E-state index contributed by atoms with van der Waals surface area (Å²) in [7, 11) is 0. The van der Waals surface area contributed by atoms with Crippen LogP contribution >= 0.6 is 0 Å². The maximum atomic E-state index is 13.1. The van der Waals surface area contributed by atoms with E-state index in [9.17, 15) is 29.4 Å². The highest BCUT2D eigenvalue weighted by Gasteiger charge is 2.20. The number of carboxylic acids is 2. The fourth-order valence-electron chi connectivity index (χ4n) is 3.81. The molecule has 0 spiro atoms. The van der Waals surface area contributed by atoms with Crippen molar-refractivity contribution in [2.75, 3.05) is 0 Å². The molecule has 0 radical (unpaired) electrons. The Morgan fingerprint density at radius 1 is 0.742 bits per heavy atom. The van der Waals surface area contributed by atoms with Gasteiger partial charge in [0, 0.05) is 21.8 Å². The Kier molecular flexibility index (Phi) is 3.81. The van der Waals surface area contributed by atoms with Crippen LogP contribution < -0.4 is 11.1 Å². The van der Waals surface area contributed by atoms with Crippen molar-refractivity contribution in [3.63, 3.8) is 0 Å². The number of aromatic nitrogens is 3. The van der Waals surface area contributed by atoms with Crippen molar-refractivity contribution in [3.8, 4) is 5.69 Å². The number of para-hydroxylation sites is 1. The molecule has 5 aromatic rings. The summed E-state index contributed by atoms with van der Waals surface area (Å²) in [6.45, 7) is 0. The van der Waals surface area contributed by atoms with Crippen LogP contribution in [0.25, 0.3) is 38.3 Å². The zero-order chi connectivity index (χ0) is 21.9. The first-order chi connectivity index (χ1) is 14.8. The molecule has 3 aromatic carbocycles. The highest BCUT2D eigenvalue weighted by molar-refractivity contribution is 6.15. The molecule has 0 saturated carbocycles. The van der Waals surface area contributed by atoms with Crippen molar-refractivity contribution in [2.24, 2.45) is 0 Å². The van der Waals surface area contributed by atoms with Gasteiger partial charge in [0.05, 0.1) is 27.6 Å². The molecule has 0 saturated heterocycles. The SMILES string of the molecule is O=C(O)c1cc2[nH]c3cc4c(=O)[nH]n(-c5ccccc5)c(=O)c4cc3c2cc1C(=O)O. The van der Waals surface area contributed by atoms with E-state index < -0.39 is 23.1 Å². The second-order valence-electron chi connectivity index (χ2n) is 7.04. The minimum atomic E-state index is -1.38. The van der Waals surface area contributed by atoms with Gasteiger partial charge in [-0.2, -0.15) is 0 Å². The van der Waals surface area contributed by atoms with Crippen LogP contribution in [-0.2, 0) is 0 Å². The van der Waals surface area contributed by atoms with Crippen molar-refractivity contribution in [3.05, 3.63) is 86.4 Å². The number of benzene rings is 3. The molecule has 152 valence electrons. The van der Waals surface area contributed by atoms with Crippen LogP contribution in [0.1, 0.15) is 20.7 Å². The molecule has 2 aromatic heterocycles. The molecule has 2 heterocycles. The first-order valence-corrected chi connectivity index (χ1v) is 9.15. The fraction of sp³-hybridized carbons (Fsp3) is 0. The standard InChI is InChI=1S/C22H13N3O6/c26-19-13-8-17-11(6-14(13)20(27)25(24-19)10-4-2-1-3-5-10)12-7-15(21(28)29)16(22(30)31)9-18(12)23-17/h1-9,23H,(H,24,26)(H,28,29)(H,30,31). The predicted octanol–water partition coefficient (Wildman–Crippen LogP) is 2.71. The third-order valence-corrected chi connectivity index (χ3v) is 5.24. The highest BCUT2D eigenvalue weighted by Crippen LogP contribution is 2.30. The number of carbonyl (C=O) groups is 2. The quantitative estimate of drug-likeness (QED) is 0.356. The normalized spacial score (nSPS) is 11.4. The van der Waals surface area contributed by atoms with Gasteiger partial charge in [-0.05, 0) is 36.4 Å². The zero-order valence-electron chi connectivity index (χ0n) is 15.7. The lowest BCUT2D eigenvalue weighted by atomic mass is 10.0. The van der Waals surface area contributed by atoms with Crippen molar-refractivity contribution in [1.82, 2.24) is 14.8 Å². The number of nitrogens with one attached hydrogen (secondary N) is 2. The van der Waals surface area contributed by atoms with Gasteiger partial charge in [0.1, 0.15) is 0 Å². The van der Waals surface area contributed by atoms with Crippen molar-refractivity contribution in [1.29, 1.82) is 0 Å². The third-order valence-electron chi connectivity index (χ3n) is 5.24. The van der Waals surface area contributed by atoms with Crippen LogP contribution in [0.3, 0.4) is 0 Å². The number of H-pyrrole nitrogens is 2. The Balaban J connectivity index is 1.89. The molecule has 0 atom stereocenters. The average Bonchev–Trinajstić information content (AvgIpc) is 3.11. The monoisotopic (exact) mass is 415 g/mol. The van der Waals surface area contributed by atoms with Crippen LogP contribution in [0.5, 0.6) is 0 Å². The van der Waals surface area contributed by atoms with E-state index in [1.165, 1.54) is 24.3 Å². The molecule has 0 unspecified atom stereocenters. The number of aromatic carboxylic acids is 2. The molecule has 31 heavy (non-hydrogen) atoms. The smallest absolute Gasteiger partial charge is 0.336 e. The molecule has 0 bridgehead atoms. The highest BCUT2D eigenvalue weighted by atomic mass is 16.4. The summed E-state index contributed by atoms with van der Waals surface area (Å²) >= 11 is 0.